The average Bonchev–Trinajstić information content (AvgIpc) is 2.66. The summed E-state index contributed by atoms with van der Waals surface area (Å²) >= 11 is 0. The highest BCUT2D eigenvalue weighted by Crippen LogP contribution is 2.40. The molecule has 0 aliphatic carbocycles. The van der Waals surface area contributed by atoms with Gasteiger partial charge in [-0.1, -0.05) is 0 Å². The van der Waals surface area contributed by atoms with Gasteiger partial charge >= 0.3 is 12.4 Å². The van der Waals surface area contributed by atoms with Crippen molar-refractivity contribution in [2.24, 2.45) is 0 Å². The van der Waals surface area contributed by atoms with Gasteiger partial charge in [0.2, 0.25) is 0 Å². The Morgan fingerprint density at radius 1 is 1.00 bits per heavy atom. The summed E-state index contributed by atoms with van der Waals surface area (Å²) in [5.74, 6) is 0. The van der Waals surface area contributed by atoms with Crippen LogP contribution in [0.3, 0.4) is 0 Å². The van der Waals surface area contributed by atoms with Gasteiger partial charge in [-0.25, -0.2) is 0 Å². The molecule has 0 spiro atoms. The summed E-state index contributed by atoms with van der Waals surface area (Å²) in [4.78, 5) is 0. The van der Waals surface area contributed by atoms with Crippen LogP contribution < -0.4 is 4.72 Å². The van der Waals surface area contributed by atoms with Gasteiger partial charge in [-0.2, -0.15) is 43.8 Å². The van der Waals surface area contributed by atoms with Gasteiger partial charge in [0.15, 0.2) is 0 Å². The highest BCUT2D eigenvalue weighted by molar-refractivity contribution is 7.87. The van der Waals surface area contributed by atoms with Gasteiger partial charge in [-0.3, -0.25) is 0 Å². The summed E-state index contributed by atoms with van der Waals surface area (Å²) in [7, 11) is -4.01. The van der Waals surface area contributed by atoms with E-state index in [0.717, 1.165) is 4.31 Å². The second-order valence-electron chi connectivity index (χ2n) is 6.10. The molecule has 142 valence electrons. The van der Waals surface area contributed by atoms with Gasteiger partial charge < -0.3 is 0 Å². The average molecular weight is 390 g/mol. The van der Waals surface area contributed by atoms with Crippen molar-refractivity contribution < 1.29 is 34.8 Å². The molecule has 0 unspecified atom stereocenters. The Hall–Kier alpha value is -1.33. The topological polar surface area (TPSA) is 49.4 Å². The predicted octanol–water partition coefficient (Wildman–Crippen LogP) is 3.71. The summed E-state index contributed by atoms with van der Waals surface area (Å²) in [5, 5.41) is 0. The van der Waals surface area contributed by atoms with Crippen LogP contribution in [0.4, 0.5) is 26.3 Å². The van der Waals surface area contributed by atoms with E-state index in [2.05, 4.69) is 4.72 Å². The van der Waals surface area contributed by atoms with Crippen LogP contribution >= 0.6 is 0 Å². The molecule has 0 saturated carbocycles. The van der Waals surface area contributed by atoms with E-state index in [4.69, 9.17) is 0 Å². The van der Waals surface area contributed by atoms with Crippen molar-refractivity contribution >= 4 is 10.2 Å². The van der Waals surface area contributed by atoms with Crippen molar-refractivity contribution in [2.45, 2.75) is 51.2 Å². The van der Waals surface area contributed by atoms with Crippen LogP contribution in [0.25, 0.3) is 0 Å². The Morgan fingerprint density at radius 3 is 1.76 bits per heavy atom. The third-order valence-corrected chi connectivity index (χ3v) is 5.78. The molecule has 25 heavy (non-hydrogen) atoms. The minimum absolute atomic E-state index is 0.0117. The highest BCUT2D eigenvalue weighted by Gasteiger charge is 2.45. The molecule has 1 aliphatic heterocycles. The molecule has 0 bridgehead atoms. The first-order chi connectivity index (χ1) is 11.1. The number of nitrogens with one attached hydrogen (secondary N) is 1. The van der Waals surface area contributed by atoms with Crippen molar-refractivity contribution in [3.63, 3.8) is 0 Å². The second-order valence-corrected chi connectivity index (χ2v) is 7.71. The van der Waals surface area contributed by atoms with E-state index in [1.165, 1.54) is 6.92 Å². The first kappa shape index (κ1) is 20.0. The van der Waals surface area contributed by atoms with Crippen LogP contribution in [0, 0.1) is 0 Å². The molecular formula is C14H16F6N2O2S. The monoisotopic (exact) mass is 390 g/mol. The summed E-state index contributed by atoms with van der Waals surface area (Å²) < 4.78 is 105. The summed E-state index contributed by atoms with van der Waals surface area (Å²) in [5.41, 5.74) is -3.35. The maximum absolute atomic E-state index is 13.0. The molecule has 0 radical (unpaired) electrons. The molecule has 1 fully saturated rings. The van der Waals surface area contributed by atoms with E-state index in [0.29, 0.717) is 12.1 Å². The Labute approximate surface area is 141 Å². The van der Waals surface area contributed by atoms with Crippen molar-refractivity contribution in [1.82, 2.24) is 9.03 Å². The largest absolute Gasteiger partial charge is 0.416 e. The van der Waals surface area contributed by atoms with E-state index >= 15 is 0 Å². The fourth-order valence-electron chi connectivity index (χ4n) is 2.94. The Bertz CT molecular complexity index is 725. The number of hydrogen-bond acceptors (Lipinski definition) is 2. The van der Waals surface area contributed by atoms with E-state index in [9.17, 15) is 34.8 Å². The van der Waals surface area contributed by atoms with Gasteiger partial charge in [-0.15, -0.1) is 0 Å². The zero-order valence-electron chi connectivity index (χ0n) is 13.4. The van der Waals surface area contributed by atoms with Gasteiger partial charge in [-0.05, 0) is 44.5 Å². The van der Waals surface area contributed by atoms with E-state index < -0.39 is 51.8 Å². The Balaban J connectivity index is 2.60. The minimum atomic E-state index is -4.99. The molecule has 1 heterocycles. The quantitative estimate of drug-likeness (QED) is 0.783. The van der Waals surface area contributed by atoms with Crippen LogP contribution in [-0.4, -0.2) is 24.8 Å². The third-order valence-electron chi connectivity index (χ3n) is 3.92. The molecule has 2 atom stereocenters. The molecule has 4 nitrogen and oxygen atoms in total. The lowest BCUT2D eigenvalue weighted by Gasteiger charge is -2.25. The number of halogens is 6. The van der Waals surface area contributed by atoms with Crippen molar-refractivity contribution in [3.05, 3.63) is 34.9 Å². The number of nitrogens with zero attached hydrogens (tertiary/aromatic N) is 1. The molecule has 1 aromatic carbocycles. The lowest BCUT2D eigenvalue weighted by Crippen LogP contribution is -2.38. The maximum atomic E-state index is 13.0. The lowest BCUT2D eigenvalue weighted by molar-refractivity contribution is -0.143. The normalized spacial score (nSPS) is 24.9. The van der Waals surface area contributed by atoms with Crippen LogP contribution in [-0.2, 0) is 22.6 Å². The predicted molar refractivity (Wildman–Crippen MR) is 77.7 cm³/mol. The van der Waals surface area contributed by atoms with Crippen LogP contribution in [0.5, 0.6) is 0 Å². The van der Waals surface area contributed by atoms with E-state index in [1.54, 1.807) is 13.8 Å². The van der Waals surface area contributed by atoms with Crippen molar-refractivity contribution in [2.75, 3.05) is 0 Å². The summed E-state index contributed by atoms with van der Waals surface area (Å²) in [6, 6.07) is -1.49. The van der Waals surface area contributed by atoms with Gasteiger partial charge in [0.25, 0.3) is 10.2 Å². The van der Waals surface area contributed by atoms with E-state index in [1.807, 2.05) is 0 Å². The molecule has 1 saturated heterocycles. The van der Waals surface area contributed by atoms with Crippen molar-refractivity contribution in [3.8, 4) is 0 Å². The fourth-order valence-corrected chi connectivity index (χ4v) is 4.83. The lowest BCUT2D eigenvalue weighted by atomic mass is 9.96. The van der Waals surface area contributed by atoms with Crippen LogP contribution in [0.2, 0.25) is 0 Å². The molecule has 0 amide bonds. The standard InChI is InChI=1S/C14H16F6N2O2S/c1-7(2)22-8(3)12(21-25(22,23)24)9-4-10(13(15,16)17)6-11(5-9)14(18,19)20/h4-8,12,21H,1-3H3/t8-,12-/m0/s1. The zero-order valence-corrected chi connectivity index (χ0v) is 14.2. The van der Waals surface area contributed by atoms with Crippen LogP contribution in [0.1, 0.15) is 43.5 Å². The number of hydrogen-bond donors (Lipinski definition) is 1. The van der Waals surface area contributed by atoms with Crippen molar-refractivity contribution in [1.29, 1.82) is 0 Å². The Morgan fingerprint density at radius 2 is 1.44 bits per heavy atom. The zero-order chi connectivity index (χ0) is 19.4. The summed E-state index contributed by atoms with van der Waals surface area (Å²) in [6.07, 6.45) is -9.98. The van der Waals surface area contributed by atoms with Gasteiger partial charge in [0, 0.05) is 12.1 Å². The molecule has 1 aliphatic rings. The molecule has 2 rings (SSSR count). The summed E-state index contributed by atoms with van der Waals surface area (Å²) in [6.45, 7) is 4.55. The smallest absolute Gasteiger partial charge is 0.195 e. The maximum Gasteiger partial charge on any atom is 0.416 e. The fraction of sp³-hybridized carbons (Fsp3) is 0.571. The molecular weight excluding hydrogens is 374 g/mol. The van der Waals surface area contributed by atoms with Gasteiger partial charge in [0.1, 0.15) is 0 Å². The van der Waals surface area contributed by atoms with E-state index in [-0.39, 0.29) is 11.6 Å². The first-order valence-corrected chi connectivity index (χ1v) is 8.69. The van der Waals surface area contributed by atoms with Gasteiger partial charge in [0.05, 0.1) is 17.2 Å². The molecule has 0 aromatic heterocycles. The third kappa shape index (κ3) is 3.93. The minimum Gasteiger partial charge on any atom is -0.195 e. The number of rotatable bonds is 2. The highest BCUT2D eigenvalue weighted by atomic mass is 32.2. The first-order valence-electron chi connectivity index (χ1n) is 7.25. The van der Waals surface area contributed by atoms with Crippen LogP contribution in [0.15, 0.2) is 18.2 Å². The number of benzene rings is 1. The second kappa shape index (κ2) is 6.13. The number of alkyl halides is 6. The SMILES string of the molecule is CC(C)N1[C@@H](C)[C@@H](c2cc(C(F)(F)F)cc(C(F)(F)F)c2)NS1(=O)=O. The molecule has 11 heteroatoms. The molecule has 1 aromatic rings. The Kier molecular flexibility index (Phi) is 4.90. The molecule has 1 N–H and O–H groups in total.